The second kappa shape index (κ2) is 11.3. The predicted octanol–water partition coefficient (Wildman–Crippen LogP) is 1.13. The lowest BCUT2D eigenvalue weighted by Crippen LogP contribution is -2.43. The van der Waals surface area contributed by atoms with Crippen LogP contribution in [-0.4, -0.2) is 76.0 Å². The Hall–Kier alpha value is -3.09. The Morgan fingerprint density at radius 2 is 2.10 bits per heavy atom. The minimum atomic E-state index is -0.451. The lowest BCUT2D eigenvalue weighted by Gasteiger charge is -2.26. The van der Waals surface area contributed by atoms with Crippen molar-refractivity contribution in [2.75, 3.05) is 53.2 Å². The van der Waals surface area contributed by atoms with E-state index in [1.807, 2.05) is 6.07 Å². The first-order valence-electron chi connectivity index (χ1n) is 10.3. The van der Waals surface area contributed by atoms with E-state index in [0.717, 1.165) is 12.8 Å². The summed E-state index contributed by atoms with van der Waals surface area (Å²) >= 11 is 0. The van der Waals surface area contributed by atoms with Gasteiger partial charge >= 0.3 is 0 Å². The number of nitrogens with one attached hydrogen (secondary N) is 1. The standard InChI is InChI=1S/C22H27N3O6/c1-28-20-12-16(11-17(13-23)22(27)24-14-18-3-2-8-30-18)4-5-19(20)31-15-21(26)25-6-9-29-10-7-25/h4-5,11-12,18H,2-3,6-10,14-15H2,1H3,(H,24,27)/b17-11+. The number of ether oxygens (including phenoxy) is 4. The van der Waals surface area contributed by atoms with Gasteiger partial charge in [0.25, 0.3) is 11.8 Å². The SMILES string of the molecule is COc1cc(/C=C(\C#N)C(=O)NCC2CCCO2)ccc1OCC(=O)N1CCOCC1. The maximum Gasteiger partial charge on any atom is 0.262 e. The quantitative estimate of drug-likeness (QED) is 0.487. The molecule has 31 heavy (non-hydrogen) atoms. The van der Waals surface area contributed by atoms with Crippen molar-refractivity contribution >= 4 is 17.9 Å². The van der Waals surface area contributed by atoms with Gasteiger partial charge in [-0.05, 0) is 36.6 Å². The molecule has 9 nitrogen and oxygen atoms in total. The van der Waals surface area contributed by atoms with Crippen molar-refractivity contribution in [2.24, 2.45) is 0 Å². The van der Waals surface area contributed by atoms with Gasteiger partial charge in [-0.25, -0.2) is 0 Å². The molecule has 0 aliphatic carbocycles. The summed E-state index contributed by atoms with van der Waals surface area (Å²) in [6.07, 6.45) is 3.36. The molecular formula is C22H27N3O6. The molecule has 0 saturated carbocycles. The molecule has 1 aromatic rings. The molecule has 1 N–H and O–H groups in total. The average molecular weight is 429 g/mol. The number of nitrogens with zero attached hydrogens (tertiary/aromatic N) is 2. The molecular weight excluding hydrogens is 402 g/mol. The van der Waals surface area contributed by atoms with Crippen molar-refractivity contribution in [1.29, 1.82) is 5.26 Å². The van der Waals surface area contributed by atoms with E-state index < -0.39 is 5.91 Å². The summed E-state index contributed by atoms with van der Waals surface area (Å²) in [5.74, 6) is 0.237. The van der Waals surface area contributed by atoms with E-state index in [0.29, 0.717) is 56.5 Å². The number of amides is 2. The van der Waals surface area contributed by atoms with Crippen molar-refractivity contribution in [3.05, 3.63) is 29.3 Å². The molecule has 1 atom stereocenters. The van der Waals surface area contributed by atoms with Crippen LogP contribution in [0.3, 0.4) is 0 Å². The summed E-state index contributed by atoms with van der Waals surface area (Å²) in [7, 11) is 1.49. The van der Waals surface area contributed by atoms with Crippen molar-refractivity contribution in [3.8, 4) is 17.6 Å². The van der Waals surface area contributed by atoms with Crippen molar-refractivity contribution in [3.63, 3.8) is 0 Å². The highest BCUT2D eigenvalue weighted by Gasteiger charge is 2.19. The number of carbonyl (C=O) groups is 2. The zero-order chi connectivity index (χ0) is 22.1. The summed E-state index contributed by atoms with van der Waals surface area (Å²) in [4.78, 5) is 26.3. The van der Waals surface area contributed by atoms with Gasteiger partial charge in [-0.15, -0.1) is 0 Å². The van der Waals surface area contributed by atoms with Gasteiger partial charge in [0.15, 0.2) is 18.1 Å². The Kier molecular flexibility index (Phi) is 8.27. The van der Waals surface area contributed by atoms with Crippen LogP contribution in [-0.2, 0) is 19.1 Å². The topological polar surface area (TPSA) is 110 Å². The summed E-state index contributed by atoms with van der Waals surface area (Å²) in [6.45, 7) is 3.13. The molecule has 1 unspecified atom stereocenters. The average Bonchev–Trinajstić information content (AvgIpc) is 3.34. The van der Waals surface area contributed by atoms with E-state index in [1.165, 1.54) is 13.2 Å². The highest BCUT2D eigenvalue weighted by Crippen LogP contribution is 2.29. The van der Waals surface area contributed by atoms with Gasteiger partial charge in [-0.3, -0.25) is 9.59 Å². The smallest absolute Gasteiger partial charge is 0.262 e. The Bertz CT molecular complexity index is 851. The Labute approximate surface area is 181 Å². The van der Waals surface area contributed by atoms with Gasteiger partial charge in [0, 0.05) is 26.2 Å². The van der Waals surface area contributed by atoms with E-state index in [1.54, 1.807) is 23.1 Å². The first-order valence-corrected chi connectivity index (χ1v) is 10.3. The van der Waals surface area contributed by atoms with Crippen LogP contribution in [0.4, 0.5) is 0 Å². The number of rotatable bonds is 8. The van der Waals surface area contributed by atoms with Gasteiger partial charge in [0.1, 0.15) is 11.6 Å². The maximum atomic E-state index is 12.3. The second-order valence-corrected chi connectivity index (χ2v) is 7.21. The number of hydrogen-bond acceptors (Lipinski definition) is 7. The zero-order valence-corrected chi connectivity index (χ0v) is 17.6. The molecule has 0 bridgehead atoms. The molecule has 1 aromatic carbocycles. The van der Waals surface area contributed by atoms with E-state index in [4.69, 9.17) is 18.9 Å². The third kappa shape index (κ3) is 6.44. The van der Waals surface area contributed by atoms with Gasteiger partial charge < -0.3 is 29.2 Å². The van der Waals surface area contributed by atoms with Crippen LogP contribution in [0.1, 0.15) is 18.4 Å². The molecule has 2 saturated heterocycles. The van der Waals surface area contributed by atoms with Crippen LogP contribution in [0.25, 0.3) is 6.08 Å². The minimum absolute atomic E-state index is 0.000548. The largest absolute Gasteiger partial charge is 0.493 e. The molecule has 3 rings (SSSR count). The lowest BCUT2D eigenvalue weighted by atomic mass is 10.1. The van der Waals surface area contributed by atoms with E-state index in [-0.39, 0.29) is 24.2 Å². The van der Waals surface area contributed by atoms with Crippen molar-refractivity contribution in [2.45, 2.75) is 18.9 Å². The maximum absolute atomic E-state index is 12.3. The molecule has 0 spiro atoms. The predicted molar refractivity (Wildman–Crippen MR) is 111 cm³/mol. The fourth-order valence-corrected chi connectivity index (χ4v) is 3.36. The third-order valence-corrected chi connectivity index (χ3v) is 5.09. The highest BCUT2D eigenvalue weighted by atomic mass is 16.5. The molecule has 9 heteroatoms. The number of hydrogen-bond donors (Lipinski definition) is 1. The van der Waals surface area contributed by atoms with Gasteiger partial charge in [-0.2, -0.15) is 5.26 Å². The van der Waals surface area contributed by atoms with Crippen LogP contribution in [0.15, 0.2) is 23.8 Å². The summed E-state index contributed by atoms with van der Waals surface area (Å²) in [5, 5.41) is 12.1. The van der Waals surface area contributed by atoms with Crippen LogP contribution in [0.5, 0.6) is 11.5 Å². The van der Waals surface area contributed by atoms with Crippen LogP contribution in [0, 0.1) is 11.3 Å². The van der Waals surface area contributed by atoms with Crippen LogP contribution >= 0.6 is 0 Å². The van der Waals surface area contributed by atoms with E-state index in [2.05, 4.69) is 5.32 Å². The second-order valence-electron chi connectivity index (χ2n) is 7.21. The Balaban J connectivity index is 1.61. The molecule has 0 radical (unpaired) electrons. The first-order chi connectivity index (χ1) is 15.1. The molecule has 2 fully saturated rings. The fraction of sp³-hybridized carbons (Fsp3) is 0.500. The van der Waals surface area contributed by atoms with E-state index in [9.17, 15) is 14.9 Å². The zero-order valence-electron chi connectivity index (χ0n) is 17.6. The molecule has 2 amide bonds. The number of nitriles is 1. The number of benzene rings is 1. The first kappa shape index (κ1) is 22.6. The lowest BCUT2D eigenvalue weighted by molar-refractivity contribution is -0.137. The van der Waals surface area contributed by atoms with Crippen LogP contribution < -0.4 is 14.8 Å². The minimum Gasteiger partial charge on any atom is -0.493 e. The van der Waals surface area contributed by atoms with Gasteiger partial charge in [-0.1, -0.05) is 6.07 Å². The monoisotopic (exact) mass is 429 g/mol. The highest BCUT2D eigenvalue weighted by molar-refractivity contribution is 6.01. The van der Waals surface area contributed by atoms with Gasteiger partial charge in [0.05, 0.1) is 26.4 Å². The van der Waals surface area contributed by atoms with Crippen molar-refractivity contribution in [1.82, 2.24) is 10.2 Å². The number of morpholine rings is 1. The normalized spacial score (nSPS) is 18.9. The molecule has 166 valence electrons. The van der Waals surface area contributed by atoms with Gasteiger partial charge in [0.2, 0.25) is 0 Å². The van der Waals surface area contributed by atoms with Crippen molar-refractivity contribution < 1.29 is 28.5 Å². The Morgan fingerprint density at radius 3 is 2.77 bits per heavy atom. The molecule has 2 aliphatic rings. The number of carbonyl (C=O) groups excluding carboxylic acids is 2. The van der Waals surface area contributed by atoms with Crippen LogP contribution in [0.2, 0.25) is 0 Å². The fourth-order valence-electron chi connectivity index (χ4n) is 3.36. The molecule has 2 aliphatic heterocycles. The number of methoxy groups -OCH3 is 1. The summed E-state index contributed by atoms with van der Waals surface area (Å²) < 4.78 is 21.7. The summed E-state index contributed by atoms with van der Waals surface area (Å²) in [5.41, 5.74) is 0.587. The third-order valence-electron chi connectivity index (χ3n) is 5.09. The van der Waals surface area contributed by atoms with E-state index >= 15 is 0 Å². The summed E-state index contributed by atoms with van der Waals surface area (Å²) in [6, 6.07) is 6.93. The molecule has 0 aromatic heterocycles. The Morgan fingerprint density at radius 1 is 1.29 bits per heavy atom. The molecule has 2 heterocycles.